The highest BCUT2D eigenvalue weighted by molar-refractivity contribution is 5.94. The van der Waals surface area contributed by atoms with Crippen molar-refractivity contribution in [1.82, 2.24) is 29.5 Å². The van der Waals surface area contributed by atoms with Gasteiger partial charge in [0, 0.05) is 36.7 Å². The highest BCUT2D eigenvalue weighted by atomic mass is 16.1. The lowest BCUT2D eigenvalue weighted by Crippen LogP contribution is -2.25. The van der Waals surface area contributed by atoms with Crippen LogP contribution in [0.5, 0.6) is 0 Å². The molecule has 7 heteroatoms. The fourth-order valence-electron chi connectivity index (χ4n) is 4.18. The molecule has 0 aliphatic carbocycles. The number of nitrogens with zero attached hydrogens (tertiary/aromatic N) is 5. The monoisotopic (exact) mass is 414 g/mol. The number of aryl methyl sites for hydroxylation is 4. The van der Waals surface area contributed by atoms with Crippen LogP contribution >= 0.6 is 0 Å². The quantitative estimate of drug-likeness (QED) is 0.540. The van der Waals surface area contributed by atoms with Crippen molar-refractivity contribution >= 4 is 11.7 Å². The van der Waals surface area contributed by atoms with E-state index in [4.69, 9.17) is 5.10 Å². The molecule has 0 radical (unpaired) electrons. The topological polar surface area (TPSA) is 77.1 Å². The summed E-state index contributed by atoms with van der Waals surface area (Å²) in [6.07, 6.45) is 7.90. The Labute approximate surface area is 181 Å². The molecule has 1 aromatic carbocycles. The van der Waals surface area contributed by atoms with Gasteiger partial charge >= 0.3 is 0 Å². The van der Waals surface area contributed by atoms with Gasteiger partial charge in [-0.3, -0.25) is 13.9 Å². The molecule has 0 saturated heterocycles. The molecule has 31 heavy (non-hydrogen) atoms. The normalized spacial score (nSPS) is 13.4. The van der Waals surface area contributed by atoms with E-state index in [0.29, 0.717) is 24.4 Å². The minimum absolute atomic E-state index is 0.136. The molecule has 3 aromatic heterocycles. The number of hydrogen-bond donors (Lipinski definition) is 1. The summed E-state index contributed by atoms with van der Waals surface area (Å²) < 4.78 is 3.91. The smallest absolute Gasteiger partial charge is 0.270 e. The van der Waals surface area contributed by atoms with E-state index in [1.54, 1.807) is 10.6 Å². The first-order chi connectivity index (χ1) is 15.1. The van der Waals surface area contributed by atoms with Gasteiger partial charge in [-0.25, -0.2) is 9.97 Å². The first-order valence-electron chi connectivity index (χ1n) is 10.9. The third kappa shape index (κ3) is 3.71. The Hall–Kier alpha value is -3.48. The summed E-state index contributed by atoms with van der Waals surface area (Å²) in [7, 11) is 0. The fraction of sp³-hybridized carbons (Fsp3) is 0.333. The molecule has 0 atom stereocenters. The molecule has 0 spiro atoms. The zero-order chi connectivity index (χ0) is 21.4. The van der Waals surface area contributed by atoms with Crippen LogP contribution < -0.4 is 5.32 Å². The highest BCUT2D eigenvalue weighted by Gasteiger charge is 2.19. The molecule has 1 N–H and O–H groups in total. The number of rotatable bonds is 5. The molecule has 4 aromatic rings. The Morgan fingerprint density at radius 1 is 1.19 bits per heavy atom. The Bertz CT molecular complexity index is 1230. The van der Waals surface area contributed by atoms with E-state index in [-0.39, 0.29) is 5.91 Å². The molecule has 0 bridgehead atoms. The molecule has 7 nitrogen and oxygen atoms in total. The number of carbonyl (C=O) groups is 1. The molecule has 1 aliphatic heterocycles. The average molecular weight is 415 g/mol. The molecular formula is C24H26N6O. The van der Waals surface area contributed by atoms with Crippen molar-refractivity contribution in [2.24, 2.45) is 0 Å². The maximum Gasteiger partial charge on any atom is 0.270 e. The Morgan fingerprint density at radius 2 is 2.03 bits per heavy atom. The van der Waals surface area contributed by atoms with Gasteiger partial charge in [0.25, 0.3) is 5.91 Å². The van der Waals surface area contributed by atoms with Crippen molar-refractivity contribution in [3.63, 3.8) is 0 Å². The summed E-state index contributed by atoms with van der Waals surface area (Å²) >= 11 is 0. The van der Waals surface area contributed by atoms with Crippen LogP contribution in [0.15, 0.2) is 42.7 Å². The van der Waals surface area contributed by atoms with Gasteiger partial charge in [-0.1, -0.05) is 31.2 Å². The number of benzene rings is 1. The summed E-state index contributed by atoms with van der Waals surface area (Å²) in [4.78, 5) is 21.8. The SMILES string of the molecule is CCc1nc2ncc(C)cn2c1C(=O)NCc1ccc(-c2cc3n(n2)CCCC3)cc1. The van der Waals surface area contributed by atoms with Crippen molar-refractivity contribution in [3.8, 4) is 11.3 Å². The number of nitrogens with one attached hydrogen (secondary N) is 1. The third-order valence-corrected chi connectivity index (χ3v) is 5.85. The van der Waals surface area contributed by atoms with E-state index >= 15 is 0 Å². The van der Waals surface area contributed by atoms with Crippen molar-refractivity contribution in [1.29, 1.82) is 0 Å². The van der Waals surface area contributed by atoms with Crippen LogP contribution in [0.25, 0.3) is 17.0 Å². The van der Waals surface area contributed by atoms with Gasteiger partial charge < -0.3 is 5.32 Å². The van der Waals surface area contributed by atoms with Gasteiger partial charge in [0.2, 0.25) is 5.78 Å². The number of amides is 1. The average Bonchev–Trinajstić information content (AvgIpc) is 3.39. The van der Waals surface area contributed by atoms with Gasteiger partial charge in [0.15, 0.2) is 0 Å². The van der Waals surface area contributed by atoms with Crippen LogP contribution in [0, 0.1) is 6.92 Å². The van der Waals surface area contributed by atoms with Gasteiger partial charge in [-0.2, -0.15) is 5.10 Å². The number of carbonyl (C=O) groups excluding carboxylic acids is 1. The first kappa shape index (κ1) is 19.5. The Balaban J connectivity index is 1.31. The van der Waals surface area contributed by atoms with Crippen molar-refractivity contribution < 1.29 is 4.79 Å². The number of imidazole rings is 1. The van der Waals surface area contributed by atoms with Gasteiger partial charge in [-0.15, -0.1) is 0 Å². The number of fused-ring (bicyclic) bond motifs is 2. The lowest BCUT2D eigenvalue weighted by atomic mass is 10.1. The summed E-state index contributed by atoms with van der Waals surface area (Å²) in [5, 5.41) is 7.78. The first-order valence-corrected chi connectivity index (χ1v) is 10.9. The van der Waals surface area contributed by atoms with Crippen LogP contribution in [0.2, 0.25) is 0 Å². The molecule has 0 unspecified atom stereocenters. The molecule has 1 aliphatic rings. The molecular weight excluding hydrogens is 388 g/mol. The van der Waals surface area contributed by atoms with Gasteiger partial charge in [-0.05, 0) is 49.8 Å². The molecule has 1 amide bonds. The van der Waals surface area contributed by atoms with Crippen molar-refractivity contribution in [2.45, 2.75) is 52.6 Å². The summed E-state index contributed by atoms with van der Waals surface area (Å²) in [6, 6.07) is 10.5. The van der Waals surface area contributed by atoms with Crippen LogP contribution in [0.1, 0.15) is 52.8 Å². The van der Waals surface area contributed by atoms with Gasteiger partial charge in [0.05, 0.1) is 11.4 Å². The minimum atomic E-state index is -0.136. The van der Waals surface area contributed by atoms with Gasteiger partial charge in [0.1, 0.15) is 5.69 Å². The van der Waals surface area contributed by atoms with E-state index in [2.05, 4.69) is 50.3 Å². The molecule has 158 valence electrons. The lowest BCUT2D eigenvalue weighted by Gasteiger charge is -2.11. The Kier molecular flexibility index (Phi) is 5.02. The van der Waals surface area contributed by atoms with E-state index < -0.39 is 0 Å². The van der Waals surface area contributed by atoms with Crippen LogP contribution in [-0.2, 0) is 25.9 Å². The molecule has 0 fully saturated rings. The van der Waals surface area contributed by atoms with E-state index in [0.717, 1.165) is 41.0 Å². The van der Waals surface area contributed by atoms with E-state index in [1.807, 2.05) is 20.0 Å². The summed E-state index contributed by atoms with van der Waals surface area (Å²) in [6.45, 7) is 5.42. The molecule has 0 saturated carbocycles. The highest BCUT2D eigenvalue weighted by Crippen LogP contribution is 2.23. The van der Waals surface area contributed by atoms with Crippen molar-refractivity contribution in [2.75, 3.05) is 0 Å². The predicted molar refractivity (Wildman–Crippen MR) is 119 cm³/mol. The largest absolute Gasteiger partial charge is 0.347 e. The molecule has 4 heterocycles. The third-order valence-electron chi connectivity index (χ3n) is 5.85. The van der Waals surface area contributed by atoms with Crippen LogP contribution in [0.4, 0.5) is 0 Å². The van der Waals surface area contributed by atoms with Crippen LogP contribution in [-0.4, -0.2) is 30.1 Å². The standard InChI is InChI=1S/C24H26N6O/c1-3-20-22(29-15-16(2)13-26-24(29)27-20)23(31)25-14-17-7-9-18(10-8-17)21-12-19-6-4-5-11-30(19)28-21/h7-10,12-13,15H,3-6,11,14H2,1-2H3,(H,25,31). The Morgan fingerprint density at radius 3 is 2.81 bits per heavy atom. The second kappa shape index (κ2) is 7.98. The minimum Gasteiger partial charge on any atom is -0.347 e. The number of aromatic nitrogens is 5. The second-order valence-corrected chi connectivity index (χ2v) is 8.14. The van der Waals surface area contributed by atoms with Crippen LogP contribution in [0.3, 0.4) is 0 Å². The zero-order valence-electron chi connectivity index (χ0n) is 17.9. The maximum atomic E-state index is 13.0. The number of hydrogen-bond acceptors (Lipinski definition) is 4. The fourth-order valence-corrected chi connectivity index (χ4v) is 4.18. The van der Waals surface area contributed by atoms with Crippen molar-refractivity contribution in [3.05, 3.63) is 70.9 Å². The molecule has 5 rings (SSSR count). The zero-order valence-corrected chi connectivity index (χ0v) is 17.9. The lowest BCUT2D eigenvalue weighted by molar-refractivity contribution is 0.0944. The summed E-state index contributed by atoms with van der Waals surface area (Å²) in [5.74, 6) is 0.419. The second-order valence-electron chi connectivity index (χ2n) is 8.14. The summed E-state index contributed by atoms with van der Waals surface area (Å²) in [5.41, 5.74) is 6.80. The van der Waals surface area contributed by atoms with E-state index in [1.165, 1.54) is 18.5 Å². The predicted octanol–water partition coefficient (Wildman–Crippen LogP) is 3.73. The maximum absolute atomic E-state index is 13.0. The van der Waals surface area contributed by atoms with E-state index in [9.17, 15) is 4.79 Å².